The minimum Gasteiger partial charge on any atom is -0.236 e. The first-order chi connectivity index (χ1) is 13.5. The van der Waals surface area contributed by atoms with E-state index in [1.54, 1.807) is 22.7 Å². The number of allylic oxidation sites excluding steroid dienone is 2. The van der Waals surface area contributed by atoms with Crippen molar-refractivity contribution >= 4 is 33.8 Å². The van der Waals surface area contributed by atoms with Crippen molar-refractivity contribution < 1.29 is 0 Å². The van der Waals surface area contributed by atoms with Gasteiger partial charge in [-0.05, 0) is 38.8 Å². The molecule has 0 fully saturated rings. The largest absolute Gasteiger partial charge is 0.236 e. The Hall–Kier alpha value is -2.56. The van der Waals surface area contributed by atoms with Crippen molar-refractivity contribution in [1.82, 2.24) is 9.97 Å². The highest BCUT2D eigenvalue weighted by molar-refractivity contribution is 7.15. The van der Waals surface area contributed by atoms with E-state index in [9.17, 15) is 0 Å². The average Bonchev–Trinajstić information content (AvgIpc) is 3.31. The zero-order valence-electron chi connectivity index (χ0n) is 16.5. The molecule has 2 heterocycles. The summed E-state index contributed by atoms with van der Waals surface area (Å²) in [7, 11) is 0. The number of hydrogen-bond acceptors (Lipinski definition) is 4. The normalized spacial score (nSPS) is 12.1. The van der Waals surface area contributed by atoms with Crippen LogP contribution in [0.15, 0.2) is 60.7 Å². The lowest BCUT2D eigenvalue weighted by molar-refractivity contribution is 1.27. The van der Waals surface area contributed by atoms with Gasteiger partial charge in [0.2, 0.25) is 0 Å². The lowest BCUT2D eigenvalue weighted by atomic mass is 10.0. The lowest BCUT2D eigenvalue weighted by Gasteiger charge is -2.05. The van der Waals surface area contributed by atoms with Gasteiger partial charge < -0.3 is 0 Å². The van der Waals surface area contributed by atoms with Crippen LogP contribution < -0.4 is 0 Å². The summed E-state index contributed by atoms with van der Waals surface area (Å²) in [6.45, 7) is 8.62. The minimum absolute atomic E-state index is 1.07. The number of aromatic nitrogens is 2. The summed E-state index contributed by atoms with van der Waals surface area (Å²) in [5.74, 6) is 0. The number of nitrogens with zero attached hydrogens (tertiary/aromatic N) is 2. The number of hydrogen-bond donors (Lipinski definition) is 0. The van der Waals surface area contributed by atoms with Gasteiger partial charge in [0.1, 0.15) is 10.0 Å². The molecule has 140 valence electrons. The monoisotopic (exact) mass is 402 g/mol. The predicted octanol–water partition coefficient (Wildman–Crippen LogP) is 7.50. The van der Waals surface area contributed by atoms with Crippen molar-refractivity contribution in [3.63, 3.8) is 0 Å². The van der Waals surface area contributed by atoms with Gasteiger partial charge in [-0.15, -0.1) is 22.7 Å². The second-order valence-electron chi connectivity index (χ2n) is 6.83. The van der Waals surface area contributed by atoms with E-state index in [0.717, 1.165) is 21.4 Å². The second-order valence-corrected chi connectivity index (χ2v) is 9.24. The fourth-order valence-electron chi connectivity index (χ4n) is 3.25. The van der Waals surface area contributed by atoms with E-state index in [-0.39, 0.29) is 0 Å². The quantitative estimate of drug-likeness (QED) is 0.353. The fourth-order valence-corrected chi connectivity index (χ4v) is 5.20. The zero-order chi connectivity index (χ0) is 19.7. The van der Waals surface area contributed by atoms with Gasteiger partial charge in [0, 0.05) is 20.9 Å². The summed E-state index contributed by atoms with van der Waals surface area (Å²) >= 11 is 3.50. The lowest BCUT2D eigenvalue weighted by Crippen LogP contribution is -1.91. The molecule has 0 atom stereocenters. The van der Waals surface area contributed by atoms with Crippen LogP contribution in [0, 0.1) is 13.8 Å². The van der Waals surface area contributed by atoms with E-state index >= 15 is 0 Å². The molecule has 4 heteroatoms. The van der Waals surface area contributed by atoms with Crippen LogP contribution >= 0.6 is 22.7 Å². The summed E-state index contributed by atoms with van der Waals surface area (Å²) in [5.41, 5.74) is 6.89. The van der Waals surface area contributed by atoms with Gasteiger partial charge in [0.25, 0.3) is 0 Å². The number of thiazole rings is 2. The minimum atomic E-state index is 1.07. The van der Waals surface area contributed by atoms with Crippen LogP contribution in [0.3, 0.4) is 0 Å². The zero-order valence-corrected chi connectivity index (χ0v) is 18.1. The smallest absolute Gasteiger partial charge is 0.124 e. The van der Waals surface area contributed by atoms with Crippen LogP contribution in [-0.4, -0.2) is 9.97 Å². The Kier molecular flexibility index (Phi) is 5.25. The van der Waals surface area contributed by atoms with E-state index < -0.39 is 0 Å². The maximum Gasteiger partial charge on any atom is 0.124 e. The van der Waals surface area contributed by atoms with Crippen molar-refractivity contribution in [2.24, 2.45) is 0 Å². The Morgan fingerprint density at radius 1 is 0.607 bits per heavy atom. The van der Waals surface area contributed by atoms with Crippen molar-refractivity contribution in [1.29, 1.82) is 0 Å². The molecule has 0 unspecified atom stereocenters. The van der Waals surface area contributed by atoms with E-state index in [1.165, 1.54) is 32.0 Å². The molecule has 4 rings (SSSR count). The number of aryl methyl sites for hydroxylation is 2. The molecule has 0 radical (unpaired) electrons. The summed E-state index contributed by atoms with van der Waals surface area (Å²) < 4.78 is 0. The third-order valence-electron chi connectivity index (χ3n) is 4.91. The van der Waals surface area contributed by atoms with Gasteiger partial charge in [0.15, 0.2) is 0 Å². The second kappa shape index (κ2) is 7.82. The molecule has 0 aliphatic heterocycles. The molecule has 0 bridgehead atoms. The molecule has 2 aromatic carbocycles. The number of rotatable bonds is 4. The third-order valence-corrected chi connectivity index (χ3v) is 6.95. The molecule has 0 N–H and O–H groups in total. The van der Waals surface area contributed by atoms with Crippen molar-refractivity contribution in [2.45, 2.75) is 27.7 Å². The van der Waals surface area contributed by atoms with E-state index in [2.05, 4.69) is 76.2 Å². The molecule has 4 aromatic rings. The van der Waals surface area contributed by atoms with Gasteiger partial charge in [-0.1, -0.05) is 60.7 Å². The highest BCUT2D eigenvalue weighted by Gasteiger charge is 2.17. The molecule has 0 aliphatic rings. The van der Waals surface area contributed by atoms with Crippen molar-refractivity contribution in [2.75, 3.05) is 0 Å². The first kappa shape index (κ1) is 18.8. The maximum atomic E-state index is 4.96. The van der Waals surface area contributed by atoms with E-state index in [1.807, 2.05) is 12.1 Å². The molecule has 2 aromatic heterocycles. The van der Waals surface area contributed by atoms with Gasteiger partial charge in [-0.3, -0.25) is 0 Å². The van der Waals surface area contributed by atoms with Crippen LogP contribution in [0.5, 0.6) is 0 Å². The predicted molar refractivity (Wildman–Crippen MR) is 123 cm³/mol. The molecular formula is C24H22N2S2. The SMILES string of the molecule is CC(=C(C)c1nc(-c2ccccc2)sc1C)c1nc(-c2ccccc2)sc1C. The number of benzene rings is 2. The Morgan fingerprint density at radius 2 is 0.964 bits per heavy atom. The Bertz CT molecular complexity index is 1040. The summed E-state index contributed by atoms with van der Waals surface area (Å²) in [6, 6.07) is 20.8. The molecule has 0 spiro atoms. The van der Waals surface area contributed by atoms with E-state index in [4.69, 9.17) is 9.97 Å². The highest BCUT2D eigenvalue weighted by Crippen LogP contribution is 2.37. The highest BCUT2D eigenvalue weighted by atomic mass is 32.1. The molecule has 2 nitrogen and oxygen atoms in total. The van der Waals surface area contributed by atoms with Crippen molar-refractivity contribution in [3.8, 4) is 21.1 Å². The molecule has 0 amide bonds. The van der Waals surface area contributed by atoms with Crippen LogP contribution in [0.25, 0.3) is 32.3 Å². The van der Waals surface area contributed by atoms with Crippen molar-refractivity contribution in [3.05, 3.63) is 81.8 Å². The first-order valence-corrected chi connectivity index (χ1v) is 10.9. The Labute approximate surface area is 174 Å². The maximum absolute atomic E-state index is 4.96. The standard InChI is InChI=1S/C24H22N2S2/c1-15(21-17(3)27-23(25-21)19-11-7-5-8-12-19)16(2)22-18(4)28-24(26-22)20-13-9-6-10-14-20/h5-14H,1-4H3. The van der Waals surface area contributed by atoms with Gasteiger partial charge in [0.05, 0.1) is 11.4 Å². The molecular weight excluding hydrogens is 380 g/mol. The molecule has 0 saturated heterocycles. The van der Waals surface area contributed by atoms with E-state index in [0.29, 0.717) is 0 Å². The summed E-state index contributed by atoms with van der Waals surface area (Å²) in [4.78, 5) is 12.4. The van der Waals surface area contributed by atoms with Crippen LogP contribution in [0.4, 0.5) is 0 Å². The van der Waals surface area contributed by atoms with Crippen LogP contribution in [0.1, 0.15) is 35.0 Å². The first-order valence-electron chi connectivity index (χ1n) is 9.28. The van der Waals surface area contributed by atoms with Crippen LogP contribution in [0.2, 0.25) is 0 Å². The summed E-state index contributed by atoms with van der Waals surface area (Å²) in [5, 5.41) is 2.14. The topological polar surface area (TPSA) is 25.8 Å². The molecule has 28 heavy (non-hydrogen) atoms. The fraction of sp³-hybridized carbons (Fsp3) is 0.167. The van der Waals surface area contributed by atoms with Gasteiger partial charge in [-0.25, -0.2) is 9.97 Å². The molecule has 0 saturated carbocycles. The van der Waals surface area contributed by atoms with Gasteiger partial charge >= 0.3 is 0 Å². The van der Waals surface area contributed by atoms with Crippen LogP contribution in [-0.2, 0) is 0 Å². The average molecular weight is 403 g/mol. The van der Waals surface area contributed by atoms with Gasteiger partial charge in [-0.2, -0.15) is 0 Å². The Balaban J connectivity index is 1.74. The third kappa shape index (κ3) is 3.58. The Morgan fingerprint density at radius 3 is 1.32 bits per heavy atom. The summed E-state index contributed by atoms with van der Waals surface area (Å²) in [6.07, 6.45) is 0. The molecule has 0 aliphatic carbocycles.